The van der Waals surface area contributed by atoms with Gasteiger partial charge in [-0.3, -0.25) is 0 Å². The molecule has 1 aliphatic rings. The fraction of sp³-hybridized carbons (Fsp3) is 1.00. The van der Waals surface area contributed by atoms with Crippen LogP contribution < -0.4 is 0 Å². The number of methoxy groups -OCH3 is 1. The van der Waals surface area contributed by atoms with Gasteiger partial charge in [0, 0.05) is 7.11 Å². The van der Waals surface area contributed by atoms with Crippen molar-refractivity contribution < 1.29 is 9.47 Å². The molecule has 0 aromatic heterocycles. The third kappa shape index (κ3) is 2.05. The standard InChI is InChI=1S/C11H22O2/c1-6-10-11(12-5)8(3)7(2)9(4)13-10/h7-11H,6H2,1-5H3/t7?,8-,9-,10?,11-/m0/s1. The third-order valence-corrected chi connectivity index (χ3v) is 3.52. The Labute approximate surface area is 81.6 Å². The number of ether oxygens (including phenoxy) is 2. The van der Waals surface area contributed by atoms with Crippen molar-refractivity contribution in [3.8, 4) is 0 Å². The Morgan fingerprint density at radius 2 is 1.77 bits per heavy atom. The summed E-state index contributed by atoms with van der Waals surface area (Å²) in [5.41, 5.74) is 0. The molecule has 2 heteroatoms. The average Bonchev–Trinajstić information content (AvgIpc) is 2.13. The first-order chi connectivity index (χ1) is 6.11. The van der Waals surface area contributed by atoms with Gasteiger partial charge in [0.1, 0.15) is 0 Å². The van der Waals surface area contributed by atoms with E-state index in [0.717, 1.165) is 6.42 Å². The lowest BCUT2D eigenvalue weighted by atomic mass is 9.81. The molecule has 2 unspecified atom stereocenters. The first-order valence-electron chi connectivity index (χ1n) is 5.30. The summed E-state index contributed by atoms with van der Waals surface area (Å²) in [5.74, 6) is 1.19. The predicted octanol–water partition coefficient (Wildman–Crippen LogP) is 2.47. The molecule has 0 aliphatic carbocycles. The Morgan fingerprint density at radius 1 is 1.15 bits per heavy atom. The fourth-order valence-corrected chi connectivity index (χ4v) is 2.24. The first kappa shape index (κ1) is 11.0. The minimum atomic E-state index is 0.274. The normalized spacial score (nSPS) is 46.4. The lowest BCUT2D eigenvalue weighted by molar-refractivity contribution is -0.172. The Balaban J connectivity index is 2.69. The SMILES string of the molecule is CCC1O[C@@H](C)C(C)[C@H](C)[C@@H]1OC. The molecule has 1 fully saturated rings. The molecule has 0 spiro atoms. The van der Waals surface area contributed by atoms with Crippen LogP contribution in [0.3, 0.4) is 0 Å². The van der Waals surface area contributed by atoms with Gasteiger partial charge in [-0.25, -0.2) is 0 Å². The highest BCUT2D eigenvalue weighted by molar-refractivity contribution is 4.86. The molecule has 0 N–H and O–H groups in total. The van der Waals surface area contributed by atoms with Crippen molar-refractivity contribution in [3.63, 3.8) is 0 Å². The topological polar surface area (TPSA) is 18.5 Å². The summed E-state index contributed by atoms with van der Waals surface area (Å²) in [7, 11) is 1.79. The van der Waals surface area contributed by atoms with Crippen LogP contribution in [0, 0.1) is 11.8 Å². The smallest absolute Gasteiger partial charge is 0.0861 e. The van der Waals surface area contributed by atoms with Crippen LogP contribution in [0.4, 0.5) is 0 Å². The van der Waals surface area contributed by atoms with Crippen LogP contribution in [0.15, 0.2) is 0 Å². The highest BCUT2D eigenvalue weighted by atomic mass is 16.5. The zero-order valence-corrected chi connectivity index (χ0v) is 9.41. The minimum Gasteiger partial charge on any atom is -0.378 e. The molecular formula is C11H22O2. The van der Waals surface area contributed by atoms with Crippen molar-refractivity contribution >= 4 is 0 Å². The highest BCUT2D eigenvalue weighted by Crippen LogP contribution is 2.33. The predicted molar refractivity (Wildman–Crippen MR) is 53.8 cm³/mol. The van der Waals surface area contributed by atoms with Crippen LogP contribution in [0.1, 0.15) is 34.1 Å². The highest BCUT2D eigenvalue weighted by Gasteiger charge is 2.38. The van der Waals surface area contributed by atoms with Crippen molar-refractivity contribution in [3.05, 3.63) is 0 Å². The minimum absolute atomic E-state index is 0.274. The second-order valence-electron chi connectivity index (χ2n) is 4.21. The Bertz CT molecular complexity index is 156. The molecule has 0 aromatic rings. The maximum absolute atomic E-state index is 5.90. The summed E-state index contributed by atoms with van der Waals surface area (Å²) in [6.45, 7) is 8.83. The van der Waals surface area contributed by atoms with E-state index < -0.39 is 0 Å². The van der Waals surface area contributed by atoms with Gasteiger partial charge in [0.05, 0.1) is 18.3 Å². The number of rotatable bonds is 2. The molecule has 1 saturated heterocycles. The summed E-state index contributed by atoms with van der Waals surface area (Å²) in [6.07, 6.45) is 1.97. The summed E-state index contributed by atoms with van der Waals surface area (Å²) >= 11 is 0. The second kappa shape index (κ2) is 4.43. The van der Waals surface area contributed by atoms with E-state index in [1.165, 1.54) is 0 Å². The summed E-state index contributed by atoms with van der Waals surface area (Å²) in [5, 5.41) is 0. The van der Waals surface area contributed by atoms with E-state index in [-0.39, 0.29) is 12.2 Å². The van der Waals surface area contributed by atoms with Gasteiger partial charge in [-0.15, -0.1) is 0 Å². The molecular weight excluding hydrogens is 164 g/mol. The van der Waals surface area contributed by atoms with Gasteiger partial charge in [0.2, 0.25) is 0 Å². The van der Waals surface area contributed by atoms with E-state index in [0.29, 0.717) is 17.9 Å². The Hall–Kier alpha value is -0.0800. The van der Waals surface area contributed by atoms with Crippen molar-refractivity contribution in [1.29, 1.82) is 0 Å². The monoisotopic (exact) mass is 186 g/mol. The van der Waals surface area contributed by atoms with Crippen LogP contribution >= 0.6 is 0 Å². The van der Waals surface area contributed by atoms with Gasteiger partial charge in [0.25, 0.3) is 0 Å². The van der Waals surface area contributed by atoms with Crippen LogP contribution in [-0.2, 0) is 9.47 Å². The molecule has 1 aliphatic heterocycles. The Kier molecular flexibility index (Phi) is 3.74. The first-order valence-corrected chi connectivity index (χ1v) is 5.30. The molecule has 0 aromatic carbocycles. The zero-order valence-electron chi connectivity index (χ0n) is 9.41. The molecule has 0 amide bonds. The van der Waals surface area contributed by atoms with Crippen LogP contribution in [0.2, 0.25) is 0 Å². The Morgan fingerprint density at radius 3 is 2.23 bits per heavy atom. The zero-order chi connectivity index (χ0) is 10.0. The van der Waals surface area contributed by atoms with E-state index >= 15 is 0 Å². The van der Waals surface area contributed by atoms with E-state index in [9.17, 15) is 0 Å². The lowest BCUT2D eigenvalue weighted by Crippen LogP contribution is -2.48. The van der Waals surface area contributed by atoms with Crippen molar-refractivity contribution in [2.75, 3.05) is 7.11 Å². The van der Waals surface area contributed by atoms with Gasteiger partial charge >= 0.3 is 0 Å². The molecule has 5 atom stereocenters. The molecule has 2 nitrogen and oxygen atoms in total. The van der Waals surface area contributed by atoms with Gasteiger partial charge in [0.15, 0.2) is 0 Å². The van der Waals surface area contributed by atoms with Crippen LogP contribution in [0.25, 0.3) is 0 Å². The largest absolute Gasteiger partial charge is 0.378 e. The van der Waals surface area contributed by atoms with Crippen LogP contribution in [0.5, 0.6) is 0 Å². The average molecular weight is 186 g/mol. The summed E-state index contributed by atoms with van der Waals surface area (Å²) in [4.78, 5) is 0. The van der Waals surface area contributed by atoms with Crippen molar-refractivity contribution in [1.82, 2.24) is 0 Å². The molecule has 78 valence electrons. The number of hydrogen-bond acceptors (Lipinski definition) is 2. The van der Waals surface area contributed by atoms with Crippen molar-refractivity contribution in [2.45, 2.75) is 52.4 Å². The van der Waals surface area contributed by atoms with E-state index in [1.807, 2.05) is 0 Å². The maximum atomic E-state index is 5.90. The van der Waals surface area contributed by atoms with E-state index in [2.05, 4.69) is 27.7 Å². The maximum Gasteiger partial charge on any atom is 0.0861 e. The summed E-state index contributed by atoms with van der Waals surface area (Å²) < 4.78 is 11.4. The van der Waals surface area contributed by atoms with Crippen molar-refractivity contribution in [2.24, 2.45) is 11.8 Å². The third-order valence-electron chi connectivity index (χ3n) is 3.52. The van der Waals surface area contributed by atoms with Gasteiger partial charge in [-0.05, 0) is 25.2 Å². The molecule has 13 heavy (non-hydrogen) atoms. The number of hydrogen-bond donors (Lipinski definition) is 0. The lowest BCUT2D eigenvalue weighted by Gasteiger charge is -2.43. The van der Waals surface area contributed by atoms with E-state index in [1.54, 1.807) is 7.11 Å². The van der Waals surface area contributed by atoms with Gasteiger partial charge in [-0.1, -0.05) is 20.8 Å². The molecule has 0 bridgehead atoms. The van der Waals surface area contributed by atoms with Gasteiger partial charge in [-0.2, -0.15) is 0 Å². The molecule has 1 rings (SSSR count). The van der Waals surface area contributed by atoms with Gasteiger partial charge < -0.3 is 9.47 Å². The second-order valence-corrected chi connectivity index (χ2v) is 4.21. The molecule has 0 radical (unpaired) electrons. The fourth-order valence-electron chi connectivity index (χ4n) is 2.24. The van der Waals surface area contributed by atoms with E-state index in [4.69, 9.17) is 9.47 Å². The molecule has 1 heterocycles. The quantitative estimate of drug-likeness (QED) is 0.659. The summed E-state index contributed by atoms with van der Waals surface area (Å²) in [6, 6.07) is 0. The molecule has 0 saturated carbocycles. The van der Waals surface area contributed by atoms with Crippen LogP contribution in [-0.4, -0.2) is 25.4 Å².